The average Bonchev–Trinajstić information content (AvgIpc) is 2.67. The molecule has 1 fully saturated rings. The molecule has 160 valence electrons. The number of amides is 2. The van der Waals surface area contributed by atoms with Gasteiger partial charge in [-0.3, -0.25) is 14.5 Å². The van der Waals surface area contributed by atoms with E-state index in [2.05, 4.69) is 4.98 Å². The highest BCUT2D eigenvalue weighted by atomic mass is 19.4. The summed E-state index contributed by atoms with van der Waals surface area (Å²) in [4.78, 5) is 31.8. The summed E-state index contributed by atoms with van der Waals surface area (Å²) in [6.07, 6.45) is -3.14. The minimum atomic E-state index is -4.50. The van der Waals surface area contributed by atoms with E-state index in [9.17, 15) is 32.3 Å². The summed E-state index contributed by atoms with van der Waals surface area (Å²) in [5.41, 5.74) is 0.0386. The summed E-state index contributed by atoms with van der Waals surface area (Å²) in [6, 6.07) is 2.90. The van der Waals surface area contributed by atoms with Crippen LogP contribution in [0, 0.1) is 12.7 Å². The number of pyridine rings is 1. The van der Waals surface area contributed by atoms with E-state index in [1.165, 1.54) is 31.3 Å². The Morgan fingerprint density at radius 3 is 2.30 bits per heavy atom. The molecule has 0 spiro atoms. The predicted octanol–water partition coefficient (Wildman–Crippen LogP) is 2.67. The van der Waals surface area contributed by atoms with Crippen molar-refractivity contribution in [1.29, 1.82) is 0 Å². The molecule has 1 aliphatic heterocycles. The molecule has 6 nitrogen and oxygen atoms in total. The summed E-state index contributed by atoms with van der Waals surface area (Å²) in [5, 5.41) is 9.74. The molecular formula is C20H19F4N3O3. The second kappa shape index (κ2) is 8.02. The second-order valence-corrected chi connectivity index (χ2v) is 7.06. The van der Waals surface area contributed by atoms with Gasteiger partial charge in [-0.25, -0.2) is 9.37 Å². The first-order valence-electron chi connectivity index (χ1n) is 9.07. The van der Waals surface area contributed by atoms with E-state index in [1.807, 2.05) is 0 Å². The Morgan fingerprint density at radius 2 is 1.77 bits per heavy atom. The number of aliphatic hydroxyl groups excluding tert-OH is 1. The molecule has 2 heterocycles. The predicted molar refractivity (Wildman–Crippen MR) is 98.7 cm³/mol. The molecule has 1 aliphatic rings. The number of hydrogen-bond donors (Lipinski definition) is 1. The highest BCUT2D eigenvalue weighted by molar-refractivity contribution is 6.07. The monoisotopic (exact) mass is 425 g/mol. The number of aryl methyl sites for hydroxylation is 1. The van der Waals surface area contributed by atoms with Gasteiger partial charge in [-0.05, 0) is 43.2 Å². The third-order valence-electron chi connectivity index (χ3n) is 4.92. The van der Waals surface area contributed by atoms with Crippen molar-refractivity contribution in [2.45, 2.75) is 38.7 Å². The molecule has 10 heteroatoms. The molecule has 1 aromatic carbocycles. The van der Waals surface area contributed by atoms with E-state index in [0.29, 0.717) is 11.1 Å². The number of carbonyl (C=O) groups excluding carboxylic acids is 2. The van der Waals surface area contributed by atoms with E-state index < -0.39 is 48.1 Å². The SMILES string of the molecule is Cc1cnc(N2C(=O)[C@@H](CO)N(Cc3ccc(C(F)(F)F)cc3)C(=O)[C@H]2C)c(F)c1. The van der Waals surface area contributed by atoms with Crippen molar-refractivity contribution in [3.05, 3.63) is 59.0 Å². The van der Waals surface area contributed by atoms with Crippen LogP contribution in [0.5, 0.6) is 0 Å². The molecule has 0 saturated carbocycles. The zero-order valence-electron chi connectivity index (χ0n) is 16.2. The van der Waals surface area contributed by atoms with Crippen LogP contribution in [-0.4, -0.2) is 45.5 Å². The van der Waals surface area contributed by atoms with Crippen LogP contribution in [0.2, 0.25) is 0 Å². The van der Waals surface area contributed by atoms with Gasteiger partial charge >= 0.3 is 6.18 Å². The number of piperazine rings is 1. The molecule has 2 atom stereocenters. The molecule has 0 radical (unpaired) electrons. The van der Waals surface area contributed by atoms with Crippen LogP contribution in [0.15, 0.2) is 36.5 Å². The summed E-state index contributed by atoms with van der Waals surface area (Å²) < 4.78 is 52.6. The lowest BCUT2D eigenvalue weighted by Gasteiger charge is -2.42. The summed E-state index contributed by atoms with van der Waals surface area (Å²) in [7, 11) is 0. The van der Waals surface area contributed by atoms with Gasteiger partial charge in [0.15, 0.2) is 11.6 Å². The fourth-order valence-corrected chi connectivity index (χ4v) is 3.34. The minimum absolute atomic E-state index is 0.185. The lowest BCUT2D eigenvalue weighted by atomic mass is 10.0. The standard InChI is InChI=1S/C20H19F4N3O3/c1-11-7-15(21)17(25-8-11)27-12(2)18(29)26(16(10-28)19(27)30)9-13-3-5-14(6-4-13)20(22,23)24/h3-8,12,16,28H,9-10H2,1-2H3/t12-,16-/m1/s1. The van der Waals surface area contributed by atoms with Gasteiger partial charge in [-0.1, -0.05) is 12.1 Å². The Bertz CT molecular complexity index is 963. The number of benzene rings is 1. The van der Waals surface area contributed by atoms with Crippen molar-refractivity contribution in [3.8, 4) is 0 Å². The number of alkyl halides is 3. The number of anilines is 1. The highest BCUT2D eigenvalue weighted by Gasteiger charge is 2.45. The molecule has 1 aromatic heterocycles. The van der Waals surface area contributed by atoms with E-state index in [1.54, 1.807) is 6.92 Å². The maximum Gasteiger partial charge on any atom is 0.416 e. The number of rotatable bonds is 4. The maximum absolute atomic E-state index is 14.4. The molecular weight excluding hydrogens is 406 g/mol. The third kappa shape index (κ3) is 4.00. The highest BCUT2D eigenvalue weighted by Crippen LogP contribution is 2.30. The smallest absolute Gasteiger partial charge is 0.394 e. The van der Waals surface area contributed by atoms with Crippen molar-refractivity contribution in [1.82, 2.24) is 9.88 Å². The van der Waals surface area contributed by atoms with Crippen molar-refractivity contribution < 1.29 is 32.3 Å². The van der Waals surface area contributed by atoms with Crippen molar-refractivity contribution >= 4 is 17.6 Å². The van der Waals surface area contributed by atoms with Crippen molar-refractivity contribution in [2.24, 2.45) is 0 Å². The molecule has 1 saturated heterocycles. The molecule has 3 rings (SSSR count). The molecule has 30 heavy (non-hydrogen) atoms. The Labute approximate surface area is 169 Å². The van der Waals surface area contributed by atoms with Crippen LogP contribution in [0.25, 0.3) is 0 Å². The number of hydrogen-bond acceptors (Lipinski definition) is 4. The molecule has 0 unspecified atom stereocenters. The first-order valence-corrected chi connectivity index (χ1v) is 9.07. The first kappa shape index (κ1) is 21.7. The molecule has 2 aromatic rings. The quantitative estimate of drug-likeness (QED) is 0.765. The van der Waals surface area contributed by atoms with Crippen molar-refractivity contribution in [3.63, 3.8) is 0 Å². The fraction of sp³-hybridized carbons (Fsp3) is 0.350. The number of halogens is 4. The van der Waals surface area contributed by atoms with Crippen LogP contribution in [0.1, 0.15) is 23.6 Å². The van der Waals surface area contributed by atoms with Crippen LogP contribution >= 0.6 is 0 Å². The molecule has 0 bridgehead atoms. The Morgan fingerprint density at radius 1 is 1.13 bits per heavy atom. The van der Waals surface area contributed by atoms with Gasteiger partial charge in [0.25, 0.3) is 5.91 Å². The van der Waals surface area contributed by atoms with E-state index >= 15 is 0 Å². The number of aliphatic hydroxyl groups is 1. The Balaban J connectivity index is 1.89. The second-order valence-electron chi connectivity index (χ2n) is 7.06. The average molecular weight is 425 g/mol. The lowest BCUT2D eigenvalue weighted by Crippen LogP contribution is -2.65. The zero-order valence-corrected chi connectivity index (χ0v) is 16.2. The minimum Gasteiger partial charge on any atom is -0.394 e. The Hall–Kier alpha value is -3.01. The maximum atomic E-state index is 14.4. The van der Waals surface area contributed by atoms with Gasteiger partial charge in [0, 0.05) is 12.7 Å². The topological polar surface area (TPSA) is 73.7 Å². The Kier molecular flexibility index (Phi) is 5.80. The first-order chi connectivity index (χ1) is 14.0. The van der Waals surface area contributed by atoms with Gasteiger partial charge in [0.2, 0.25) is 5.91 Å². The van der Waals surface area contributed by atoms with Crippen molar-refractivity contribution in [2.75, 3.05) is 11.5 Å². The number of nitrogens with zero attached hydrogens (tertiary/aromatic N) is 3. The third-order valence-corrected chi connectivity index (χ3v) is 4.92. The van der Waals surface area contributed by atoms with Gasteiger partial charge in [-0.2, -0.15) is 13.2 Å². The normalized spacial score (nSPS) is 20.1. The van der Waals surface area contributed by atoms with Gasteiger partial charge < -0.3 is 10.0 Å². The number of aromatic nitrogens is 1. The van der Waals surface area contributed by atoms with Crippen LogP contribution in [0.3, 0.4) is 0 Å². The molecule has 0 aliphatic carbocycles. The van der Waals surface area contributed by atoms with Crippen LogP contribution in [0.4, 0.5) is 23.4 Å². The van der Waals surface area contributed by atoms with Gasteiger partial charge in [-0.15, -0.1) is 0 Å². The largest absolute Gasteiger partial charge is 0.416 e. The summed E-state index contributed by atoms with van der Waals surface area (Å²) >= 11 is 0. The van der Waals surface area contributed by atoms with E-state index in [0.717, 1.165) is 21.9 Å². The van der Waals surface area contributed by atoms with Crippen LogP contribution < -0.4 is 4.90 Å². The molecule has 2 amide bonds. The zero-order chi connectivity index (χ0) is 22.2. The lowest BCUT2D eigenvalue weighted by molar-refractivity contribution is -0.148. The van der Waals surface area contributed by atoms with E-state index in [4.69, 9.17) is 0 Å². The summed E-state index contributed by atoms with van der Waals surface area (Å²) in [5.74, 6) is -2.42. The van der Waals surface area contributed by atoms with E-state index in [-0.39, 0.29) is 12.4 Å². The van der Waals surface area contributed by atoms with Gasteiger partial charge in [0.1, 0.15) is 12.1 Å². The molecule has 1 N–H and O–H groups in total. The van der Waals surface area contributed by atoms with Gasteiger partial charge in [0.05, 0.1) is 12.2 Å². The fourth-order valence-electron chi connectivity index (χ4n) is 3.34. The number of carbonyl (C=O) groups is 2. The van der Waals surface area contributed by atoms with Crippen LogP contribution in [-0.2, 0) is 22.3 Å². The summed E-state index contributed by atoms with van der Waals surface area (Å²) in [6.45, 7) is 2.10.